The second-order valence-electron chi connectivity index (χ2n) is 2.55. The summed E-state index contributed by atoms with van der Waals surface area (Å²) in [5.41, 5.74) is -2.10. The Balaban J connectivity index is 4.00. The van der Waals surface area contributed by atoms with E-state index >= 15 is 0 Å². The molecule has 5 heteroatoms. The Bertz CT molecular complexity index is 121. The summed E-state index contributed by atoms with van der Waals surface area (Å²) in [5, 5.41) is 0. The van der Waals surface area contributed by atoms with E-state index in [0.29, 0.717) is 0 Å². The average Bonchev–Trinajstić information content (AvgIpc) is 1.81. The Labute approximate surface area is 68.5 Å². The first kappa shape index (κ1) is 11.0. The van der Waals surface area contributed by atoms with Gasteiger partial charge >= 0.3 is 6.18 Å². The van der Waals surface area contributed by atoms with Crippen molar-refractivity contribution in [1.82, 2.24) is 0 Å². The lowest BCUT2D eigenvalue weighted by Crippen LogP contribution is -2.42. The van der Waals surface area contributed by atoms with Gasteiger partial charge in [-0.3, -0.25) is 0 Å². The van der Waals surface area contributed by atoms with Crippen molar-refractivity contribution in [2.24, 2.45) is 0 Å². The molecule has 0 aliphatic rings. The number of rotatable bonds is 3. The van der Waals surface area contributed by atoms with Crippen LogP contribution in [-0.2, 0) is 4.74 Å². The summed E-state index contributed by atoms with van der Waals surface area (Å²) < 4.78 is 40.5. The van der Waals surface area contributed by atoms with Gasteiger partial charge in [-0.05, 0) is 13.8 Å². The number of halogens is 4. The van der Waals surface area contributed by atoms with E-state index in [4.69, 9.17) is 11.6 Å². The van der Waals surface area contributed by atoms with Gasteiger partial charge < -0.3 is 4.74 Å². The van der Waals surface area contributed by atoms with E-state index in [0.717, 1.165) is 13.8 Å². The summed E-state index contributed by atoms with van der Waals surface area (Å²) in [6.45, 7) is 1.85. The minimum atomic E-state index is -4.33. The van der Waals surface area contributed by atoms with Crippen molar-refractivity contribution in [2.75, 3.05) is 12.5 Å². The molecule has 11 heavy (non-hydrogen) atoms. The minimum Gasteiger partial charge on any atom is -0.365 e. The second-order valence-corrected chi connectivity index (χ2v) is 2.92. The van der Waals surface area contributed by atoms with Crippen molar-refractivity contribution >= 4 is 11.6 Å². The molecule has 0 aromatic rings. The van der Waals surface area contributed by atoms with E-state index in [1.165, 1.54) is 0 Å². The highest BCUT2D eigenvalue weighted by atomic mass is 35.5. The zero-order valence-electron chi connectivity index (χ0n) is 6.33. The largest absolute Gasteiger partial charge is 0.416 e. The number of hydrogen-bond donors (Lipinski definition) is 0. The Hall–Kier alpha value is 0.0400. The van der Waals surface area contributed by atoms with Crippen molar-refractivity contribution in [3.05, 3.63) is 0 Å². The molecule has 0 fully saturated rings. The molecule has 0 rings (SSSR count). The van der Waals surface area contributed by atoms with Crippen LogP contribution in [0.25, 0.3) is 0 Å². The molecule has 0 unspecified atom stereocenters. The maximum Gasteiger partial charge on any atom is 0.416 e. The van der Waals surface area contributed by atoms with E-state index in [1.54, 1.807) is 0 Å². The highest BCUT2D eigenvalue weighted by Gasteiger charge is 2.48. The summed E-state index contributed by atoms with van der Waals surface area (Å²) in [5.74, 6) is 0.0690. The van der Waals surface area contributed by atoms with Crippen LogP contribution in [0.3, 0.4) is 0 Å². The van der Waals surface area contributed by atoms with Gasteiger partial charge in [-0.25, -0.2) is 0 Å². The van der Waals surface area contributed by atoms with Crippen LogP contribution in [0.5, 0.6) is 0 Å². The van der Waals surface area contributed by atoms with E-state index in [1.807, 2.05) is 0 Å². The van der Waals surface area contributed by atoms with Gasteiger partial charge in [-0.2, -0.15) is 13.2 Å². The standard InChI is InChI=1S/C6H10ClF3O/c1-5(2,6(8,9)10)11-4-3-7/h3-4H2,1-2H3. The summed E-state index contributed by atoms with van der Waals surface area (Å²) in [6, 6.07) is 0. The Morgan fingerprint density at radius 1 is 1.27 bits per heavy atom. The third kappa shape index (κ3) is 3.29. The first-order chi connectivity index (χ1) is 4.81. The zero-order valence-corrected chi connectivity index (χ0v) is 7.09. The maximum atomic E-state index is 12.0. The Morgan fingerprint density at radius 2 is 1.73 bits per heavy atom. The van der Waals surface area contributed by atoms with Crippen LogP contribution in [0, 0.1) is 0 Å². The molecular weight excluding hydrogens is 181 g/mol. The molecular formula is C6H10ClF3O. The molecule has 0 aliphatic carbocycles. The monoisotopic (exact) mass is 190 g/mol. The molecule has 0 aromatic carbocycles. The number of ether oxygens (including phenoxy) is 1. The summed E-state index contributed by atoms with van der Waals surface area (Å²) >= 11 is 5.17. The van der Waals surface area contributed by atoms with Gasteiger partial charge in [0.05, 0.1) is 6.61 Å². The van der Waals surface area contributed by atoms with E-state index in [9.17, 15) is 13.2 Å². The lowest BCUT2D eigenvalue weighted by atomic mass is 10.1. The quantitative estimate of drug-likeness (QED) is 0.622. The fourth-order valence-electron chi connectivity index (χ4n) is 0.376. The Kier molecular flexibility index (Phi) is 3.64. The molecule has 0 bridgehead atoms. The molecule has 0 N–H and O–H groups in total. The topological polar surface area (TPSA) is 9.23 Å². The third-order valence-electron chi connectivity index (χ3n) is 1.22. The number of alkyl halides is 4. The van der Waals surface area contributed by atoms with Gasteiger partial charge in [0.1, 0.15) is 0 Å². The minimum absolute atomic E-state index is 0.0690. The fraction of sp³-hybridized carbons (Fsp3) is 1.00. The lowest BCUT2D eigenvalue weighted by Gasteiger charge is -2.27. The van der Waals surface area contributed by atoms with Crippen LogP contribution >= 0.6 is 11.6 Å². The summed E-state index contributed by atoms with van der Waals surface area (Å²) in [4.78, 5) is 0. The van der Waals surface area contributed by atoms with Gasteiger partial charge in [-0.15, -0.1) is 11.6 Å². The van der Waals surface area contributed by atoms with Gasteiger partial charge in [0, 0.05) is 5.88 Å². The van der Waals surface area contributed by atoms with Crippen LogP contribution in [-0.4, -0.2) is 24.3 Å². The van der Waals surface area contributed by atoms with Crippen LogP contribution in [0.15, 0.2) is 0 Å². The molecule has 68 valence electrons. The SMILES string of the molecule is CC(C)(OCCCl)C(F)(F)F. The maximum absolute atomic E-state index is 12.0. The van der Waals surface area contributed by atoms with Crippen LogP contribution < -0.4 is 0 Å². The molecule has 0 heterocycles. The molecule has 0 aromatic heterocycles. The van der Waals surface area contributed by atoms with Crippen LogP contribution in [0.4, 0.5) is 13.2 Å². The Morgan fingerprint density at radius 3 is 2.00 bits per heavy atom. The van der Waals surface area contributed by atoms with E-state index < -0.39 is 11.8 Å². The average molecular weight is 191 g/mol. The fourth-order valence-corrected chi connectivity index (χ4v) is 0.453. The molecule has 0 aliphatic heterocycles. The van der Waals surface area contributed by atoms with Crippen molar-refractivity contribution in [2.45, 2.75) is 25.6 Å². The van der Waals surface area contributed by atoms with Crippen molar-refractivity contribution in [3.63, 3.8) is 0 Å². The highest BCUT2D eigenvalue weighted by Crippen LogP contribution is 2.32. The van der Waals surface area contributed by atoms with Crippen molar-refractivity contribution < 1.29 is 17.9 Å². The highest BCUT2D eigenvalue weighted by molar-refractivity contribution is 6.17. The lowest BCUT2D eigenvalue weighted by molar-refractivity contribution is -0.261. The number of hydrogen-bond acceptors (Lipinski definition) is 1. The molecule has 0 amide bonds. The molecule has 1 nitrogen and oxygen atoms in total. The second kappa shape index (κ2) is 3.63. The first-order valence-electron chi connectivity index (χ1n) is 3.08. The summed E-state index contributed by atoms with van der Waals surface area (Å²) in [6.07, 6.45) is -4.33. The van der Waals surface area contributed by atoms with Gasteiger partial charge in [0.15, 0.2) is 5.60 Å². The smallest absolute Gasteiger partial charge is 0.365 e. The molecule has 0 saturated heterocycles. The van der Waals surface area contributed by atoms with Gasteiger partial charge in [-0.1, -0.05) is 0 Å². The summed E-state index contributed by atoms with van der Waals surface area (Å²) in [7, 11) is 0. The van der Waals surface area contributed by atoms with E-state index in [2.05, 4.69) is 4.74 Å². The van der Waals surface area contributed by atoms with E-state index in [-0.39, 0.29) is 12.5 Å². The van der Waals surface area contributed by atoms with Crippen LogP contribution in [0.2, 0.25) is 0 Å². The molecule has 0 spiro atoms. The van der Waals surface area contributed by atoms with Crippen molar-refractivity contribution in [3.8, 4) is 0 Å². The third-order valence-corrected chi connectivity index (χ3v) is 1.38. The predicted octanol–water partition coefficient (Wildman–Crippen LogP) is 2.58. The first-order valence-corrected chi connectivity index (χ1v) is 3.61. The molecule has 0 atom stereocenters. The normalized spacial score (nSPS) is 13.6. The molecule has 0 radical (unpaired) electrons. The van der Waals surface area contributed by atoms with Crippen molar-refractivity contribution in [1.29, 1.82) is 0 Å². The predicted molar refractivity (Wildman–Crippen MR) is 36.8 cm³/mol. The van der Waals surface area contributed by atoms with Gasteiger partial charge in [0.25, 0.3) is 0 Å². The zero-order chi connectivity index (χ0) is 9.12. The van der Waals surface area contributed by atoms with Gasteiger partial charge in [0.2, 0.25) is 0 Å². The van der Waals surface area contributed by atoms with Crippen LogP contribution in [0.1, 0.15) is 13.8 Å². The molecule has 0 saturated carbocycles.